The summed E-state index contributed by atoms with van der Waals surface area (Å²) in [7, 11) is 1.84. The van der Waals surface area contributed by atoms with Gasteiger partial charge in [0.2, 0.25) is 0 Å². The number of hydrogen-bond donors (Lipinski definition) is 0. The van der Waals surface area contributed by atoms with Crippen molar-refractivity contribution in [3.8, 4) is 11.8 Å². The van der Waals surface area contributed by atoms with Crippen molar-refractivity contribution in [2.24, 2.45) is 18.9 Å². The van der Waals surface area contributed by atoms with Gasteiger partial charge in [0.25, 0.3) is 0 Å². The number of alkyl halides is 3. The lowest BCUT2D eigenvalue weighted by molar-refractivity contribution is -0.136. The highest BCUT2D eigenvalue weighted by Gasteiger charge is 2.50. The number of piperidine rings is 1. The third kappa shape index (κ3) is 4.40. The van der Waals surface area contributed by atoms with E-state index >= 15 is 0 Å². The first-order valence-electron chi connectivity index (χ1n) is 13.5. The summed E-state index contributed by atoms with van der Waals surface area (Å²) in [5, 5.41) is 17.8. The summed E-state index contributed by atoms with van der Waals surface area (Å²) in [6, 6.07) is 10.7. The fourth-order valence-corrected chi connectivity index (χ4v) is 6.52. The van der Waals surface area contributed by atoms with Gasteiger partial charge >= 0.3 is 11.9 Å². The molecule has 11 heteroatoms. The van der Waals surface area contributed by atoms with E-state index < -0.39 is 22.8 Å². The molecule has 0 unspecified atom stereocenters. The average molecular weight is 550 g/mol. The second-order valence-electron chi connectivity index (χ2n) is 11.4. The summed E-state index contributed by atoms with van der Waals surface area (Å²) in [4.78, 5) is 15.8. The molecule has 0 radical (unpaired) electrons. The highest BCUT2D eigenvalue weighted by Crippen LogP contribution is 2.51. The van der Waals surface area contributed by atoms with Crippen LogP contribution in [0, 0.1) is 23.2 Å². The number of nitriles is 1. The van der Waals surface area contributed by atoms with Crippen LogP contribution in [0.15, 0.2) is 53.8 Å². The standard InChI is InChI=1S/C29H30F3N7O/c1-19-5-4-8-37(14-19)15-20-9-24(29(30,31)32)25-17-38(27(40)39(25)16-20)23-7-3-6-22(10-23)28(11-21(12-28)13-33)26-35-34-18-36(26)2/h3,6-7,9-10,16-19,21H,4-5,8,11-12,14-15H2,1-2H3/t19-,21?,28?/m0/s1. The largest absolute Gasteiger partial charge is 0.418 e. The summed E-state index contributed by atoms with van der Waals surface area (Å²) < 4.78 is 46.9. The molecule has 2 aliphatic rings. The van der Waals surface area contributed by atoms with Crippen molar-refractivity contribution in [2.45, 2.75) is 50.7 Å². The molecule has 3 aromatic heterocycles. The lowest BCUT2D eigenvalue weighted by Crippen LogP contribution is -2.43. The van der Waals surface area contributed by atoms with Crippen molar-refractivity contribution in [3.05, 3.63) is 82.1 Å². The smallest absolute Gasteiger partial charge is 0.320 e. The number of hydrogen-bond acceptors (Lipinski definition) is 5. The van der Waals surface area contributed by atoms with Crippen LogP contribution in [0.3, 0.4) is 0 Å². The molecule has 0 N–H and O–H groups in total. The molecule has 0 amide bonds. The lowest BCUT2D eigenvalue weighted by Gasteiger charge is -2.44. The van der Waals surface area contributed by atoms with Crippen molar-refractivity contribution < 1.29 is 13.2 Å². The van der Waals surface area contributed by atoms with E-state index in [0.29, 0.717) is 42.4 Å². The van der Waals surface area contributed by atoms with Gasteiger partial charge in [-0.3, -0.25) is 13.9 Å². The zero-order valence-corrected chi connectivity index (χ0v) is 22.4. The van der Waals surface area contributed by atoms with E-state index in [-0.39, 0.29) is 11.4 Å². The van der Waals surface area contributed by atoms with Crippen LogP contribution in [0.1, 0.15) is 55.1 Å². The summed E-state index contributed by atoms with van der Waals surface area (Å²) in [6.45, 7) is 4.15. The van der Waals surface area contributed by atoms with Crippen molar-refractivity contribution in [1.82, 2.24) is 28.6 Å². The number of benzene rings is 1. The third-order valence-electron chi connectivity index (χ3n) is 8.47. The molecule has 40 heavy (non-hydrogen) atoms. The molecule has 6 rings (SSSR count). The average Bonchev–Trinajstić information content (AvgIpc) is 3.46. The number of imidazole rings is 1. The fourth-order valence-electron chi connectivity index (χ4n) is 6.52. The molecule has 2 fully saturated rings. The number of nitrogens with zero attached hydrogens (tertiary/aromatic N) is 7. The van der Waals surface area contributed by atoms with Gasteiger partial charge in [-0.25, -0.2) is 4.79 Å². The number of pyridine rings is 1. The first-order valence-corrected chi connectivity index (χ1v) is 13.5. The monoisotopic (exact) mass is 549 g/mol. The Bertz CT molecular complexity index is 1670. The Labute approximate surface area is 229 Å². The molecule has 1 aliphatic heterocycles. The molecule has 1 atom stereocenters. The SMILES string of the molecule is C[C@H]1CCCN(Cc2cc(C(F)(F)F)c3cn(-c4cccc(C5(c6nncn6C)CC(C#N)C5)c4)c(=O)n3c2)C1. The van der Waals surface area contributed by atoms with E-state index in [1.807, 2.05) is 23.7 Å². The molecule has 8 nitrogen and oxygen atoms in total. The number of aryl methyl sites for hydroxylation is 1. The molecule has 1 aromatic carbocycles. The Kier molecular flexibility index (Phi) is 6.33. The maximum atomic E-state index is 14.2. The van der Waals surface area contributed by atoms with Gasteiger partial charge in [-0.05, 0) is 67.5 Å². The van der Waals surface area contributed by atoms with Gasteiger partial charge in [0.15, 0.2) is 0 Å². The first kappa shape index (κ1) is 26.3. The van der Waals surface area contributed by atoms with Crippen LogP contribution in [-0.2, 0) is 25.2 Å². The number of fused-ring (bicyclic) bond motifs is 1. The normalized spacial score (nSPS) is 23.7. The molecule has 0 bridgehead atoms. The minimum atomic E-state index is -4.62. The Morgan fingerprint density at radius 1 is 1.20 bits per heavy atom. The first-order chi connectivity index (χ1) is 19.1. The van der Waals surface area contributed by atoms with Gasteiger partial charge < -0.3 is 4.57 Å². The summed E-state index contributed by atoms with van der Waals surface area (Å²) in [5.41, 5.74) is -0.398. The van der Waals surface area contributed by atoms with E-state index in [9.17, 15) is 23.2 Å². The van der Waals surface area contributed by atoms with Gasteiger partial charge in [-0.1, -0.05) is 19.1 Å². The van der Waals surface area contributed by atoms with Crippen molar-refractivity contribution >= 4 is 5.52 Å². The molecule has 4 heterocycles. The molecular formula is C29H30F3N7O. The van der Waals surface area contributed by atoms with E-state index in [1.54, 1.807) is 18.5 Å². The number of likely N-dealkylation sites (tertiary alicyclic amines) is 1. The number of aromatic nitrogens is 5. The van der Waals surface area contributed by atoms with Crippen LogP contribution in [-0.4, -0.2) is 41.7 Å². The predicted octanol–water partition coefficient (Wildman–Crippen LogP) is 4.69. The number of halogens is 3. The van der Waals surface area contributed by atoms with Crippen LogP contribution in [0.4, 0.5) is 13.2 Å². The van der Waals surface area contributed by atoms with Crippen molar-refractivity contribution in [1.29, 1.82) is 5.26 Å². The maximum Gasteiger partial charge on any atom is 0.418 e. The topological polar surface area (TPSA) is 84.2 Å². The van der Waals surface area contributed by atoms with E-state index in [4.69, 9.17) is 0 Å². The lowest BCUT2D eigenvalue weighted by atomic mass is 9.58. The van der Waals surface area contributed by atoms with Gasteiger partial charge in [-0.15, -0.1) is 10.2 Å². The molecule has 208 valence electrons. The minimum Gasteiger partial charge on any atom is -0.320 e. The molecule has 1 saturated heterocycles. The van der Waals surface area contributed by atoms with Crippen molar-refractivity contribution in [2.75, 3.05) is 13.1 Å². The maximum absolute atomic E-state index is 14.2. The quantitative estimate of drug-likeness (QED) is 0.361. The van der Waals surface area contributed by atoms with Gasteiger partial charge in [0.05, 0.1) is 28.3 Å². The predicted molar refractivity (Wildman–Crippen MR) is 142 cm³/mol. The fraction of sp³-hybridized carbons (Fsp3) is 0.448. The highest BCUT2D eigenvalue weighted by molar-refractivity contribution is 5.58. The van der Waals surface area contributed by atoms with Crippen LogP contribution < -0.4 is 5.69 Å². The second kappa shape index (κ2) is 9.63. The molecule has 0 spiro atoms. The van der Waals surface area contributed by atoms with Gasteiger partial charge in [-0.2, -0.15) is 18.4 Å². The second-order valence-corrected chi connectivity index (χ2v) is 11.4. The van der Waals surface area contributed by atoms with Crippen molar-refractivity contribution in [3.63, 3.8) is 0 Å². The summed E-state index contributed by atoms with van der Waals surface area (Å²) in [6.07, 6.45) is 3.00. The van der Waals surface area contributed by atoms with E-state index in [2.05, 4.69) is 28.1 Å². The Balaban J connectivity index is 1.44. The Morgan fingerprint density at radius 2 is 2.00 bits per heavy atom. The molecule has 4 aromatic rings. The molecule has 1 aliphatic carbocycles. The zero-order valence-electron chi connectivity index (χ0n) is 22.4. The summed E-state index contributed by atoms with van der Waals surface area (Å²) >= 11 is 0. The van der Waals surface area contributed by atoms with Crippen LogP contribution >= 0.6 is 0 Å². The number of rotatable bonds is 5. The highest BCUT2D eigenvalue weighted by atomic mass is 19.4. The van der Waals surface area contributed by atoms with Crippen LogP contribution in [0.5, 0.6) is 0 Å². The molecule has 1 saturated carbocycles. The van der Waals surface area contributed by atoms with E-state index in [1.165, 1.54) is 23.0 Å². The third-order valence-corrected chi connectivity index (χ3v) is 8.47. The van der Waals surface area contributed by atoms with E-state index in [0.717, 1.165) is 35.9 Å². The Morgan fingerprint density at radius 3 is 2.67 bits per heavy atom. The van der Waals surface area contributed by atoms with Crippen LogP contribution in [0.25, 0.3) is 11.2 Å². The molecular weight excluding hydrogens is 519 g/mol. The zero-order chi connectivity index (χ0) is 28.2. The van der Waals surface area contributed by atoms with Gasteiger partial charge in [0.1, 0.15) is 12.2 Å². The Hall–Kier alpha value is -3.91. The van der Waals surface area contributed by atoms with Gasteiger partial charge in [0, 0.05) is 38.4 Å². The minimum absolute atomic E-state index is 0.143. The summed E-state index contributed by atoms with van der Waals surface area (Å²) in [5.74, 6) is 1.05. The van der Waals surface area contributed by atoms with Crippen LogP contribution in [0.2, 0.25) is 0 Å².